The van der Waals surface area contributed by atoms with Gasteiger partial charge in [-0.1, -0.05) is 19.9 Å². The number of nitrogens with two attached hydrogens (primary N) is 1. The van der Waals surface area contributed by atoms with Crippen LogP contribution in [0.15, 0.2) is 24.4 Å². The van der Waals surface area contributed by atoms with Gasteiger partial charge in [-0.25, -0.2) is 0 Å². The molecule has 0 amide bonds. The Kier molecular flexibility index (Phi) is 4.24. The minimum Gasteiger partial charge on any atom is -0.330 e. The van der Waals surface area contributed by atoms with Crippen LogP contribution >= 0.6 is 0 Å². The molecular weight excluding hydrogens is 186 g/mol. The molecule has 0 aliphatic rings. The molecule has 0 bridgehead atoms. The van der Waals surface area contributed by atoms with Crippen LogP contribution in [0.25, 0.3) is 0 Å². The van der Waals surface area contributed by atoms with Gasteiger partial charge in [0.05, 0.1) is 5.69 Å². The van der Waals surface area contributed by atoms with E-state index in [1.165, 1.54) is 0 Å². The molecule has 0 aromatic carbocycles. The van der Waals surface area contributed by atoms with Gasteiger partial charge < -0.3 is 11.1 Å². The second-order valence-electron chi connectivity index (χ2n) is 4.67. The van der Waals surface area contributed by atoms with Gasteiger partial charge in [-0.05, 0) is 37.6 Å². The third kappa shape index (κ3) is 3.61. The van der Waals surface area contributed by atoms with E-state index in [1.807, 2.05) is 31.4 Å². The van der Waals surface area contributed by atoms with Crippen molar-refractivity contribution in [3.05, 3.63) is 30.1 Å². The molecule has 15 heavy (non-hydrogen) atoms. The lowest BCUT2D eigenvalue weighted by molar-refractivity contribution is 0.296. The van der Waals surface area contributed by atoms with Gasteiger partial charge in [0.2, 0.25) is 0 Å². The molecule has 1 atom stereocenters. The smallest absolute Gasteiger partial charge is 0.0573 e. The van der Waals surface area contributed by atoms with Crippen molar-refractivity contribution in [2.75, 3.05) is 13.6 Å². The first kappa shape index (κ1) is 12.1. The number of nitrogens with zero attached hydrogens (tertiary/aromatic N) is 1. The molecule has 0 aliphatic heterocycles. The molecule has 1 rings (SSSR count). The first-order valence-electron chi connectivity index (χ1n) is 5.37. The maximum atomic E-state index is 5.74. The highest BCUT2D eigenvalue weighted by molar-refractivity contribution is 5.09. The molecule has 0 saturated carbocycles. The molecule has 3 nitrogen and oxygen atoms in total. The van der Waals surface area contributed by atoms with Crippen molar-refractivity contribution >= 4 is 0 Å². The fourth-order valence-electron chi connectivity index (χ4n) is 1.57. The third-order valence-corrected chi connectivity index (χ3v) is 2.70. The lowest BCUT2D eigenvalue weighted by Gasteiger charge is -2.27. The predicted octanol–water partition coefficient (Wildman–Crippen LogP) is 1.72. The van der Waals surface area contributed by atoms with Crippen molar-refractivity contribution in [3.63, 3.8) is 0 Å². The van der Waals surface area contributed by atoms with Crippen LogP contribution in [0.3, 0.4) is 0 Å². The fourth-order valence-corrected chi connectivity index (χ4v) is 1.57. The Hall–Kier alpha value is -0.930. The monoisotopic (exact) mass is 207 g/mol. The summed E-state index contributed by atoms with van der Waals surface area (Å²) in [4.78, 5) is 4.37. The molecule has 0 fully saturated rings. The van der Waals surface area contributed by atoms with Crippen LogP contribution < -0.4 is 11.1 Å². The minimum absolute atomic E-state index is 0.144. The zero-order valence-electron chi connectivity index (χ0n) is 9.83. The summed E-state index contributed by atoms with van der Waals surface area (Å²) in [5.74, 6) is 0. The van der Waals surface area contributed by atoms with Crippen molar-refractivity contribution in [2.24, 2.45) is 11.1 Å². The molecule has 3 heteroatoms. The number of rotatable bonds is 5. The van der Waals surface area contributed by atoms with Crippen molar-refractivity contribution in [1.29, 1.82) is 0 Å². The van der Waals surface area contributed by atoms with Gasteiger partial charge in [0, 0.05) is 12.2 Å². The van der Waals surface area contributed by atoms with Gasteiger partial charge in [0.25, 0.3) is 0 Å². The zero-order valence-corrected chi connectivity index (χ0v) is 9.83. The van der Waals surface area contributed by atoms with Crippen molar-refractivity contribution in [3.8, 4) is 0 Å². The van der Waals surface area contributed by atoms with Gasteiger partial charge >= 0.3 is 0 Å². The zero-order chi connectivity index (χ0) is 11.3. The minimum atomic E-state index is 0.144. The highest BCUT2D eigenvalue weighted by atomic mass is 14.9. The highest BCUT2D eigenvalue weighted by Gasteiger charge is 2.22. The van der Waals surface area contributed by atoms with E-state index in [-0.39, 0.29) is 11.5 Å². The lowest BCUT2D eigenvalue weighted by Crippen LogP contribution is -2.30. The average molecular weight is 207 g/mol. The second kappa shape index (κ2) is 5.24. The SMILES string of the molecule is CNC(CC(C)(C)CN)c1ccccn1. The Bertz CT molecular complexity index is 282. The van der Waals surface area contributed by atoms with Gasteiger partial charge in [-0.2, -0.15) is 0 Å². The van der Waals surface area contributed by atoms with Crippen LogP contribution in [0.2, 0.25) is 0 Å². The van der Waals surface area contributed by atoms with Crippen molar-refractivity contribution < 1.29 is 0 Å². The van der Waals surface area contributed by atoms with E-state index in [2.05, 4.69) is 24.1 Å². The van der Waals surface area contributed by atoms with Gasteiger partial charge in [-0.15, -0.1) is 0 Å². The summed E-state index contributed by atoms with van der Waals surface area (Å²) >= 11 is 0. The number of pyridine rings is 1. The summed E-state index contributed by atoms with van der Waals surface area (Å²) in [7, 11) is 1.96. The molecule has 0 radical (unpaired) electrons. The van der Waals surface area contributed by atoms with E-state index in [0.29, 0.717) is 6.54 Å². The van der Waals surface area contributed by atoms with Crippen LogP contribution in [-0.2, 0) is 0 Å². The van der Waals surface area contributed by atoms with E-state index in [1.54, 1.807) is 0 Å². The molecular formula is C12H21N3. The van der Waals surface area contributed by atoms with Crippen LogP contribution in [0, 0.1) is 5.41 Å². The number of nitrogens with one attached hydrogen (secondary N) is 1. The van der Waals surface area contributed by atoms with E-state index in [9.17, 15) is 0 Å². The Morgan fingerprint density at radius 1 is 1.47 bits per heavy atom. The molecule has 1 heterocycles. The van der Waals surface area contributed by atoms with Gasteiger partial charge in [0.1, 0.15) is 0 Å². The summed E-state index contributed by atoms with van der Waals surface area (Å²) in [6.07, 6.45) is 2.83. The summed E-state index contributed by atoms with van der Waals surface area (Å²) in [5, 5.41) is 3.29. The Morgan fingerprint density at radius 2 is 2.20 bits per heavy atom. The number of hydrogen-bond donors (Lipinski definition) is 2. The first-order chi connectivity index (χ1) is 7.09. The van der Waals surface area contributed by atoms with E-state index >= 15 is 0 Å². The number of aromatic nitrogens is 1. The Balaban J connectivity index is 2.73. The first-order valence-corrected chi connectivity index (χ1v) is 5.37. The molecule has 0 aliphatic carbocycles. The molecule has 0 saturated heterocycles. The largest absolute Gasteiger partial charge is 0.330 e. The van der Waals surface area contributed by atoms with E-state index < -0.39 is 0 Å². The van der Waals surface area contributed by atoms with Gasteiger partial charge in [-0.3, -0.25) is 4.98 Å². The molecule has 3 N–H and O–H groups in total. The second-order valence-corrected chi connectivity index (χ2v) is 4.67. The summed E-state index contributed by atoms with van der Waals surface area (Å²) in [5.41, 5.74) is 6.97. The normalized spacial score (nSPS) is 13.9. The van der Waals surface area contributed by atoms with E-state index in [4.69, 9.17) is 5.73 Å². The van der Waals surface area contributed by atoms with E-state index in [0.717, 1.165) is 12.1 Å². The standard InChI is InChI=1S/C12H21N3/c1-12(2,9-13)8-11(14-3)10-6-4-5-7-15-10/h4-7,11,14H,8-9,13H2,1-3H3. The highest BCUT2D eigenvalue weighted by Crippen LogP contribution is 2.27. The number of hydrogen-bond acceptors (Lipinski definition) is 3. The fraction of sp³-hybridized carbons (Fsp3) is 0.583. The van der Waals surface area contributed by atoms with Crippen molar-refractivity contribution in [2.45, 2.75) is 26.3 Å². The summed E-state index contributed by atoms with van der Waals surface area (Å²) < 4.78 is 0. The maximum Gasteiger partial charge on any atom is 0.0573 e. The third-order valence-electron chi connectivity index (χ3n) is 2.70. The van der Waals surface area contributed by atoms with Crippen LogP contribution in [0.5, 0.6) is 0 Å². The van der Waals surface area contributed by atoms with Crippen LogP contribution in [0.1, 0.15) is 32.0 Å². The van der Waals surface area contributed by atoms with Crippen molar-refractivity contribution in [1.82, 2.24) is 10.3 Å². The Labute approximate surface area is 92.1 Å². The van der Waals surface area contributed by atoms with Crippen LogP contribution in [-0.4, -0.2) is 18.6 Å². The summed E-state index contributed by atoms with van der Waals surface area (Å²) in [6, 6.07) is 6.28. The van der Waals surface area contributed by atoms with Crippen LogP contribution in [0.4, 0.5) is 0 Å². The predicted molar refractivity (Wildman–Crippen MR) is 63.5 cm³/mol. The molecule has 1 aromatic heterocycles. The molecule has 84 valence electrons. The quantitative estimate of drug-likeness (QED) is 0.773. The topological polar surface area (TPSA) is 50.9 Å². The maximum absolute atomic E-state index is 5.74. The average Bonchev–Trinajstić information content (AvgIpc) is 2.27. The summed E-state index contributed by atoms with van der Waals surface area (Å²) in [6.45, 7) is 5.05. The molecule has 1 aromatic rings. The Morgan fingerprint density at radius 3 is 2.67 bits per heavy atom. The molecule has 0 spiro atoms. The lowest BCUT2D eigenvalue weighted by atomic mass is 9.85. The van der Waals surface area contributed by atoms with Gasteiger partial charge in [0.15, 0.2) is 0 Å². The molecule has 1 unspecified atom stereocenters.